The van der Waals surface area contributed by atoms with Crippen molar-refractivity contribution in [2.45, 2.75) is 31.3 Å². The van der Waals surface area contributed by atoms with Crippen LogP contribution >= 0.6 is 11.3 Å². The Labute approximate surface area is 130 Å². The molecule has 1 aromatic heterocycles. The van der Waals surface area contributed by atoms with Crippen LogP contribution in [0, 0.1) is 6.92 Å². The van der Waals surface area contributed by atoms with Gasteiger partial charge in [0.15, 0.2) is 0 Å². The second kappa shape index (κ2) is 6.70. The normalized spacial score (nSPS) is 13.3. The molecule has 1 atom stereocenters. The number of benzene rings is 1. The van der Waals surface area contributed by atoms with E-state index >= 15 is 0 Å². The first-order valence-corrected chi connectivity index (χ1v) is 9.04. The molecule has 21 heavy (non-hydrogen) atoms. The number of thiophene rings is 1. The van der Waals surface area contributed by atoms with Crippen molar-refractivity contribution in [1.82, 2.24) is 10.0 Å². The Morgan fingerprint density at radius 2 is 2.00 bits per heavy atom. The van der Waals surface area contributed by atoms with Gasteiger partial charge in [0.05, 0.1) is 4.90 Å². The van der Waals surface area contributed by atoms with E-state index in [4.69, 9.17) is 0 Å². The third-order valence-corrected chi connectivity index (χ3v) is 5.73. The average molecular weight is 324 g/mol. The highest BCUT2D eigenvalue weighted by molar-refractivity contribution is 7.89. The van der Waals surface area contributed by atoms with Crippen molar-refractivity contribution in [2.24, 2.45) is 0 Å². The van der Waals surface area contributed by atoms with Gasteiger partial charge in [-0.25, -0.2) is 13.1 Å². The summed E-state index contributed by atoms with van der Waals surface area (Å²) in [6.45, 7) is 4.90. The predicted octanol–water partition coefficient (Wildman–Crippen LogP) is 2.82. The Hall–Kier alpha value is -1.21. The monoisotopic (exact) mass is 324 g/mol. The fraction of sp³-hybridized carbons (Fsp3) is 0.333. The van der Waals surface area contributed by atoms with Gasteiger partial charge in [-0.1, -0.05) is 12.1 Å². The maximum absolute atomic E-state index is 11.8. The molecule has 2 rings (SSSR count). The van der Waals surface area contributed by atoms with Crippen LogP contribution in [-0.2, 0) is 16.6 Å². The zero-order chi connectivity index (χ0) is 15.5. The van der Waals surface area contributed by atoms with Gasteiger partial charge in [-0.2, -0.15) is 0 Å². The zero-order valence-electron chi connectivity index (χ0n) is 12.4. The molecule has 0 spiro atoms. The van der Waals surface area contributed by atoms with Gasteiger partial charge in [-0.05, 0) is 50.7 Å². The van der Waals surface area contributed by atoms with Gasteiger partial charge < -0.3 is 5.32 Å². The lowest BCUT2D eigenvalue weighted by Crippen LogP contribution is -2.20. The van der Waals surface area contributed by atoms with E-state index in [0.717, 1.165) is 12.1 Å². The lowest BCUT2D eigenvalue weighted by atomic mass is 10.1. The molecule has 0 aliphatic carbocycles. The quantitative estimate of drug-likeness (QED) is 0.859. The van der Waals surface area contributed by atoms with E-state index in [2.05, 4.69) is 29.1 Å². The van der Waals surface area contributed by atoms with E-state index < -0.39 is 10.0 Å². The van der Waals surface area contributed by atoms with E-state index in [0.29, 0.717) is 4.90 Å². The molecule has 0 unspecified atom stereocenters. The van der Waals surface area contributed by atoms with Crippen molar-refractivity contribution in [3.05, 3.63) is 51.7 Å². The van der Waals surface area contributed by atoms with Crippen molar-refractivity contribution in [3.8, 4) is 0 Å². The molecular formula is C15H20N2O2S2. The lowest BCUT2D eigenvalue weighted by molar-refractivity contribution is 0.574. The van der Waals surface area contributed by atoms with Gasteiger partial charge in [-0.15, -0.1) is 11.3 Å². The van der Waals surface area contributed by atoms with E-state index in [1.165, 1.54) is 16.8 Å². The first kappa shape index (κ1) is 16.2. The number of hydrogen-bond donors (Lipinski definition) is 2. The standard InChI is InChI=1S/C15H20N2O2S2/c1-11-7-8-14(20-11)10-17-12(2)13-5-4-6-15(9-13)21(18,19)16-3/h4-9,12,16-17H,10H2,1-3H3/t12-/m1/s1. The van der Waals surface area contributed by atoms with Crippen LogP contribution in [0.3, 0.4) is 0 Å². The molecule has 0 bridgehead atoms. The van der Waals surface area contributed by atoms with Crippen LogP contribution in [0.5, 0.6) is 0 Å². The van der Waals surface area contributed by atoms with Crippen LogP contribution < -0.4 is 10.0 Å². The molecule has 0 saturated carbocycles. The molecule has 2 N–H and O–H groups in total. The fourth-order valence-corrected chi connectivity index (χ4v) is 3.65. The molecule has 0 amide bonds. The molecule has 4 nitrogen and oxygen atoms in total. The van der Waals surface area contributed by atoms with Gasteiger partial charge in [0.25, 0.3) is 0 Å². The summed E-state index contributed by atoms with van der Waals surface area (Å²) in [5.41, 5.74) is 0.958. The maximum atomic E-state index is 11.8. The highest BCUT2D eigenvalue weighted by Gasteiger charge is 2.13. The number of rotatable bonds is 6. The van der Waals surface area contributed by atoms with Gasteiger partial charge in [-0.3, -0.25) is 0 Å². The number of hydrogen-bond acceptors (Lipinski definition) is 4. The van der Waals surface area contributed by atoms with Crippen LogP contribution in [0.4, 0.5) is 0 Å². The molecular weight excluding hydrogens is 304 g/mol. The molecule has 0 saturated heterocycles. The van der Waals surface area contributed by atoms with Crippen LogP contribution in [0.1, 0.15) is 28.3 Å². The topological polar surface area (TPSA) is 58.2 Å². The summed E-state index contributed by atoms with van der Waals surface area (Å²) in [6.07, 6.45) is 0. The minimum absolute atomic E-state index is 0.0828. The van der Waals surface area contributed by atoms with E-state index in [9.17, 15) is 8.42 Å². The van der Waals surface area contributed by atoms with Crippen LogP contribution in [0.25, 0.3) is 0 Å². The third-order valence-electron chi connectivity index (χ3n) is 3.32. The Morgan fingerprint density at radius 3 is 2.62 bits per heavy atom. The smallest absolute Gasteiger partial charge is 0.240 e. The predicted molar refractivity (Wildman–Crippen MR) is 87.0 cm³/mol. The Kier molecular flexibility index (Phi) is 5.16. The summed E-state index contributed by atoms with van der Waals surface area (Å²) in [6, 6.07) is 11.3. The number of nitrogens with one attached hydrogen (secondary N) is 2. The summed E-state index contributed by atoms with van der Waals surface area (Å²) < 4.78 is 26.0. The van der Waals surface area contributed by atoms with Gasteiger partial charge >= 0.3 is 0 Å². The molecule has 0 fully saturated rings. The van der Waals surface area contributed by atoms with Gasteiger partial charge in [0.2, 0.25) is 10.0 Å². The SMILES string of the molecule is CNS(=O)(=O)c1cccc([C@@H](C)NCc2ccc(C)s2)c1. The van der Waals surface area contributed by atoms with Crippen molar-refractivity contribution in [1.29, 1.82) is 0 Å². The number of aryl methyl sites for hydroxylation is 1. The van der Waals surface area contributed by atoms with Gasteiger partial charge in [0, 0.05) is 22.3 Å². The van der Waals surface area contributed by atoms with E-state index in [1.54, 1.807) is 29.5 Å². The summed E-state index contributed by atoms with van der Waals surface area (Å²) >= 11 is 1.77. The molecule has 114 valence electrons. The molecule has 2 aromatic rings. The molecule has 6 heteroatoms. The second-order valence-corrected chi connectivity index (χ2v) is 8.15. The molecule has 0 aliphatic rings. The number of sulfonamides is 1. The average Bonchev–Trinajstić information content (AvgIpc) is 2.90. The lowest BCUT2D eigenvalue weighted by Gasteiger charge is -2.14. The Bertz CT molecular complexity index is 708. The van der Waals surface area contributed by atoms with Crippen molar-refractivity contribution in [2.75, 3.05) is 7.05 Å². The van der Waals surface area contributed by atoms with Crippen molar-refractivity contribution < 1.29 is 8.42 Å². The van der Waals surface area contributed by atoms with Crippen LogP contribution in [-0.4, -0.2) is 15.5 Å². The molecule has 0 radical (unpaired) electrons. The van der Waals surface area contributed by atoms with E-state index in [-0.39, 0.29) is 6.04 Å². The van der Waals surface area contributed by atoms with E-state index in [1.807, 2.05) is 13.0 Å². The minimum atomic E-state index is -3.39. The summed E-state index contributed by atoms with van der Waals surface area (Å²) in [5.74, 6) is 0. The summed E-state index contributed by atoms with van der Waals surface area (Å²) in [7, 11) is -1.97. The van der Waals surface area contributed by atoms with Crippen LogP contribution in [0.2, 0.25) is 0 Å². The molecule has 1 aromatic carbocycles. The minimum Gasteiger partial charge on any atom is -0.305 e. The summed E-state index contributed by atoms with van der Waals surface area (Å²) in [4.78, 5) is 2.86. The fourth-order valence-electron chi connectivity index (χ4n) is 2.02. The molecule has 1 heterocycles. The summed E-state index contributed by atoms with van der Waals surface area (Å²) in [5, 5.41) is 3.42. The third kappa shape index (κ3) is 4.14. The maximum Gasteiger partial charge on any atom is 0.240 e. The second-order valence-electron chi connectivity index (χ2n) is 4.89. The highest BCUT2D eigenvalue weighted by Crippen LogP contribution is 2.19. The largest absolute Gasteiger partial charge is 0.305 e. The highest BCUT2D eigenvalue weighted by atomic mass is 32.2. The van der Waals surface area contributed by atoms with Gasteiger partial charge in [0.1, 0.15) is 0 Å². The zero-order valence-corrected chi connectivity index (χ0v) is 14.0. The Balaban J connectivity index is 2.09. The Morgan fingerprint density at radius 1 is 1.24 bits per heavy atom. The van der Waals surface area contributed by atoms with Crippen molar-refractivity contribution in [3.63, 3.8) is 0 Å². The van der Waals surface area contributed by atoms with Crippen molar-refractivity contribution >= 4 is 21.4 Å². The van der Waals surface area contributed by atoms with Crippen LogP contribution in [0.15, 0.2) is 41.3 Å². The molecule has 0 aliphatic heterocycles. The first-order valence-electron chi connectivity index (χ1n) is 6.74. The first-order chi connectivity index (χ1) is 9.92.